The van der Waals surface area contributed by atoms with Gasteiger partial charge < -0.3 is 4.74 Å². The predicted molar refractivity (Wildman–Crippen MR) is 70.8 cm³/mol. The second kappa shape index (κ2) is 5.09. The number of hydrogen-bond donors (Lipinski definition) is 0. The number of methoxy groups -OCH3 is 1. The van der Waals surface area contributed by atoms with Gasteiger partial charge in [0, 0.05) is 11.3 Å². The van der Waals surface area contributed by atoms with E-state index < -0.39 is 0 Å². The van der Waals surface area contributed by atoms with Gasteiger partial charge in [0.05, 0.1) is 7.11 Å². The first-order valence-electron chi connectivity index (χ1n) is 5.66. The molecule has 0 aliphatic rings. The summed E-state index contributed by atoms with van der Waals surface area (Å²) in [5.74, 6) is 2.04. The summed E-state index contributed by atoms with van der Waals surface area (Å²) < 4.78 is 5.37. The Morgan fingerprint density at radius 1 is 1.31 bits per heavy atom. The lowest BCUT2D eigenvalue weighted by Gasteiger charge is -2.24. The Balaban J connectivity index is 3.22. The summed E-state index contributed by atoms with van der Waals surface area (Å²) in [6.45, 7) is 8.67. The third kappa shape index (κ3) is 2.70. The van der Waals surface area contributed by atoms with Crippen LogP contribution in [0.25, 0.3) is 0 Å². The molecule has 0 spiro atoms. The van der Waals surface area contributed by atoms with Crippen LogP contribution in [0.5, 0.6) is 5.75 Å². The van der Waals surface area contributed by atoms with E-state index in [0.717, 1.165) is 5.75 Å². The molecule has 0 bridgehead atoms. The number of alkyl halides is 1. The van der Waals surface area contributed by atoms with Gasteiger partial charge in [0.15, 0.2) is 0 Å². The van der Waals surface area contributed by atoms with E-state index in [-0.39, 0.29) is 5.41 Å². The van der Waals surface area contributed by atoms with E-state index in [2.05, 4.69) is 39.8 Å². The molecule has 1 aromatic carbocycles. The molecular weight excluding hydrogens is 220 g/mol. The van der Waals surface area contributed by atoms with Gasteiger partial charge in [-0.2, -0.15) is 0 Å². The van der Waals surface area contributed by atoms with Crippen LogP contribution < -0.4 is 4.74 Å². The van der Waals surface area contributed by atoms with E-state index in [0.29, 0.717) is 11.8 Å². The van der Waals surface area contributed by atoms with Gasteiger partial charge in [-0.3, -0.25) is 0 Å². The van der Waals surface area contributed by atoms with Crippen LogP contribution in [0.4, 0.5) is 0 Å². The highest BCUT2D eigenvalue weighted by Gasteiger charge is 2.21. The first kappa shape index (κ1) is 13.4. The highest BCUT2D eigenvalue weighted by atomic mass is 35.5. The number of ether oxygens (including phenoxy) is 1. The van der Waals surface area contributed by atoms with Gasteiger partial charge in [0.2, 0.25) is 0 Å². The molecule has 0 heterocycles. The van der Waals surface area contributed by atoms with Gasteiger partial charge in [0.25, 0.3) is 0 Å². The third-order valence-electron chi connectivity index (χ3n) is 2.97. The highest BCUT2D eigenvalue weighted by molar-refractivity contribution is 6.18. The van der Waals surface area contributed by atoms with Crippen molar-refractivity contribution in [2.75, 3.05) is 13.0 Å². The minimum absolute atomic E-state index is 0.0114. The Kier molecular flexibility index (Phi) is 4.26. The second-order valence-electron chi connectivity index (χ2n) is 5.13. The first-order valence-corrected chi connectivity index (χ1v) is 6.20. The zero-order valence-electron chi connectivity index (χ0n) is 10.8. The summed E-state index contributed by atoms with van der Waals surface area (Å²) >= 11 is 6.00. The molecule has 90 valence electrons. The number of benzene rings is 1. The average Bonchev–Trinajstić information content (AvgIpc) is 2.28. The van der Waals surface area contributed by atoms with Crippen molar-refractivity contribution >= 4 is 11.6 Å². The normalized spacial score (nSPS) is 11.9. The maximum atomic E-state index is 6.00. The molecule has 0 radical (unpaired) electrons. The molecular formula is C14H21ClO. The fourth-order valence-electron chi connectivity index (χ4n) is 1.68. The fraction of sp³-hybridized carbons (Fsp3) is 0.571. The molecule has 1 nitrogen and oxygen atoms in total. The Labute approximate surface area is 104 Å². The SMILES string of the molecule is COc1ccc(C(C)(C)CCl)cc1C(C)C. The van der Waals surface area contributed by atoms with Crippen LogP contribution in [0.1, 0.15) is 44.7 Å². The van der Waals surface area contributed by atoms with Crippen LogP contribution in [0, 0.1) is 0 Å². The molecule has 0 aliphatic heterocycles. The van der Waals surface area contributed by atoms with Crippen LogP contribution in [0.2, 0.25) is 0 Å². The van der Waals surface area contributed by atoms with Crippen molar-refractivity contribution in [3.8, 4) is 5.75 Å². The smallest absolute Gasteiger partial charge is 0.122 e. The Bertz CT molecular complexity index is 356. The molecule has 0 fully saturated rings. The molecule has 0 aliphatic carbocycles. The van der Waals surface area contributed by atoms with E-state index in [1.54, 1.807) is 7.11 Å². The highest BCUT2D eigenvalue weighted by Crippen LogP contribution is 2.32. The van der Waals surface area contributed by atoms with Crippen molar-refractivity contribution in [3.05, 3.63) is 29.3 Å². The summed E-state index contributed by atoms with van der Waals surface area (Å²) in [4.78, 5) is 0. The van der Waals surface area contributed by atoms with Gasteiger partial charge >= 0.3 is 0 Å². The average molecular weight is 241 g/mol. The van der Waals surface area contributed by atoms with Gasteiger partial charge in [-0.05, 0) is 23.1 Å². The van der Waals surface area contributed by atoms with E-state index in [1.165, 1.54) is 11.1 Å². The zero-order chi connectivity index (χ0) is 12.3. The summed E-state index contributed by atoms with van der Waals surface area (Å²) in [6, 6.07) is 6.36. The number of hydrogen-bond acceptors (Lipinski definition) is 1. The van der Waals surface area contributed by atoms with E-state index in [1.807, 2.05) is 6.07 Å². The summed E-state index contributed by atoms with van der Waals surface area (Å²) in [5, 5.41) is 0. The Hall–Kier alpha value is -0.690. The van der Waals surface area contributed by atoms with Gasteiger partial charge in [-0.25, -0.2) is 0 Å². The number of halogens is 1. The zero-order valence-corrected chi connectivity index (χ0v) is 11.6. The standard InChI is InChI=1S/C14H21ClO/c1-10(2)12-8-11(14(3,4)9-15)6-7-13(12)16-5/h6-8,10H,9H2,1-5H3. The Morgan fingerprint density at radius 3 is 2.38 bits per heavy atom. The topological polar surface area (TPSA) is 9.23 Å². The maximum absolute atomic E-state index is 6.00. The van der Waals surface area contributed by atoms with Crippen LogP contribution in [0.15, 0.2) is 18.2 Å². The Morgan fingerprint density at radius 2 is 1.94 bits per heavy atom. The van der Waals surface area contributed by atoms with Crippen molar-refractivity contribution in [1.29, 1.82) is 0 Å². The molecule has 2 heteroatoms. The molecule has 0 saturated heterocycles. The monoisotopic (exact) mass is 240 g/mol. The summed E-state index contributed by atoms with van der Waals surface area (Å²) in [7, 11) is 1.72. The molecule has 0 N–H and O–H groups in total. The van der Waals surface area contributed by atoms with Crippen LogP contribution in [0.3, 0.4) is 0 Å². The first-order chi connectivity index (χ1) is 7.42. The van der Waals surface area contributed by atoms with Crippen molar-refractivity contribution in [2.24, 2.45) is 0 Å². The van der Waals surface area contributed by atoms with Crippen LogP contribution in [-0.4, -0.2) is 13.0 Å². The largest absolute Gasteiger partial charge is 0.496 e. The van der Waals surface area contributed by atoms with E-state index >= 15 is 0 Å². The minimum atomic E-state index is 0.0114. The lowest BCUT2D eigenvalue weighted by Crippen LogP contribution is -2.19. The summed E-state index contributed by atoms with van der Waals surface area (Å²) in [5.41, 5.74) is 2.53. The molecule has 0 saturated carbocycles. The molecule has 1 rings (SSSR count). The predicted octanol–water partition coefficient (Wildman–Crippen LogP) is 4.34. The maximum Gasteiger partial charge on any atom is 0.122 e. The van der Waals surface area contributed by atoms with Crippen LogP contribution in [-0.2, 0) is 5.41 Å². The third-order valence-corrected chi connectivity index (χ3v) is 3.64. The van der Waals surface area contributed by atoms with Crippen molar-refractivity contribution in [1.82, 2.24) is 0 Å². The molecule has 0 unspecified atom stereocenters. The number of rotatable bonds is 4. The minimum Gasteiger partial charge on any atom is -0.496 e. The lowest BCUT2D eigenvalue weighted by atomic mass is 9.84. The molecule has 16 heavy (non-hydrogen) atoms. The quantitative estimate of drug-likeness (QED) is 0.712. The molecule has 0 aromatic heterocycles. The molecule has 0 atom stereocenters. The van der Waals surface area contributed by atoms with Gasteiger partial charge in [0.1, 0.15) is 5.75 Å². The van der Waals surface area contributed by atoms with E-state index in [9.17, 15) is 0 Å². The second-order valence-corrected chi connectivity index (χ2v) is 5.40. The van der Waals surface area contributed by atoms with Crippen LogP contribution >= 0.6 is 11.6 Å². The van der Waals surface area contributed by atoms with Crippen molar-refractivity contribution in [2.45, 2.75) is 39.0 Å². The van der Waals surface area contributed by atoms with Crippen molar-refractivity contribution < 1.29 is 4.74 Å². The van der Waals surface area contributed by atoms with Gasteiger partial charge in [-0.15, -0.1) is 11.6 Å². The van der Waals surface area contributed by atoms with E-state index in [4.69, 9.17) is 16.3 Å². The molecule has 1 aromatic rings. The summed E-state index contributed by atoms with van der Waals surface area (Å²) in [6.07, 6.45) is 0. The molecule has 0 amide bonds. The van der Waals surface area contributed by atoms with Crippen molar-refractivity contribution in [3.63, 3.8) is 0 Å². The fourth-order valence-corrected chi connectivity index (χ4v) is 1.84. The lowest BCUT2D eigenvalue weighted by molar-refractivity contribution is 0.407. The van der Waals surface area contributed by atoms with Gasteiger partial charge in [-0.1, -0.05) is 39.8 Å².